The van der Waals surface area contributed by atoms with Gasteiger partial charge in [0.2, 0.25) is 11.7 Å². The molecule has 0 saturated carbocycles. The second-order valence-corrected chi connectivity index (χ2v) is 5.75. The molecule has 98 valence electrons. The highest BCUT2D eigenvalue weighted by Crippen LogP contribution is 2.32. The van der Waals surface area contributed by atoms with E-state index in [2.05, 4.69) is 15.2 Å². The first-order valence-electron chi connectivity index (χ1n) is 5.70. The van der Waals surface area contributed by atoms with E-state index in [0.717, 1.165) is 11.1 Å². The lowest BCUT2D eigenvalue weighted by Gasteiger charge is -2.01. The Kier molecular flexibility index (Phi) is 3.12. The standard InChI is InChI=1S/C12H11ClN4OS/c1-7(8-5-14-17(2)6-8)12-15-11(16-18-12)9-3-4-19-10(9)13/h3-7H,1-2H3. The summed E-state index contributed by atoms with van der Waals surface area (Å²) >= 11 is 7.51. The number of aromatic nitrogens is 4. The summed E-state index contributed by atoms with van der Waals surface area (Å²) in [6.07, 6.45) is 3.73. The SMILES string of the molecule is CC(c1cnn(C)c1)c1nc(-c2ccsc2Cl)no1. The van der Waals surface area contributed by atoms with Crippen LogP contribution in [0.15, 0.2) is 28.4 Å². The average molecular weight is 295 g/mol. The summed E-state index contributed by atoms with van der Waals surface area (Å²) in [5.74, 6) is 1.09. The van der Waals surface area contributed by atoms with E-state index >= 15 is 0 Å². The highest BCUT2D eigenvalue weighted by Gasteiger charge is 2.19. The zero-order valence-corrected chi connectivity index (χ0v) is 11.9. The van der Waals surface area contributed by atoms with Gasteiger partial charge in [-0.05, 0) is 18.4 Å². The maximum absolute atomic E-state index is 6.07. The van der Waals surface area contributed by atoms with Gasteiger partial charge in [-0.15, -0.1) is 11.3 Å². The van der Waals surface area contributed by atoms with Gasteiger partial charge in [0.05, 0.1) is 17.7 Å². The van der Waals surface area contributed by atoms with Crippen molar-refractivity contribution in [2.24, 2.45) is 7.05 Å². The van der Waals surface area contributed by atoms with Crippen molar-refractivity contribution in [3.05, 3.63) is 39.6 Å². The number of hydrogen-bond acceptors (Lipinski definition) is 5. The van der Waals surface area contributed by atoms with Gasteiger partial charge in [-0.3, -0.25) is 4.68 Å². The Bertz CT molecular complexity index is 702. The highest BCUT2D eigenvalue weighted by molar-refractivity contribution is 7.15. The van der Waals surface area contributed by atoms with Gasteiger partial charge in [0.25, 0.3) is 0 Å². The molecular formula is C12H11ClN4OS. The smallest absolute Gasteiger partial charge is 0.234 e. The maximum atomic E-state index is 6.07. The third-order valence-electron chi connectivity index (χ3n) is 2.90. The van der Waals surface area contributed by atoms with Crippen LogP contribution in [-0.2, 0) is 7.05 Å². The second kappa shape index (κ2) is 4.79. The normalized spacial score (nSPS) is 12.8. The molecule has 3 aromatic rings. The summed E-state index contributed by atoms with van der Waals surface area (Å²) in [4.78, 5) is 4.41. The van der Waals surface area contributed by atoms with Crippen LogP contribution in [0.3, 0.4) is 0 Å². The monoisotopic (exact) mass is 294 g/mol. The third kappa shape index (κ3) is 2.29. The van der Waals surface area contributed by atoms with Gasteiger partial charge in [-0.1, -0.05) is 16.8 Å². The molecule has 3 heterocycles. The molecule has 0 aliphatic rings. The molecule has 0 amide bonds. The molecule has 0 aliphatic heterocycles. The van der Waals surface area contributed by atoms with Crippen molar-refractivity contribution in [3.63, 3.8) is 0 Å². The summed E-state index contributed by atoms with van der Waals surface area (Å²) in [6.45, 7) is 2.00. The first-order valence-corrected chi connectivity index (χ1v) is 6.96. The summed E-state index contributed by atoms with van der Waals surface area (Å²) < 4.78 is 7.73. The first-order chi connectivity index (χ1) is 9.15. The van der Waals surface area contributed by atoms with Crippen LogP contribution >= 0.6 is 22.9 Å². The summed E-state index contributed by atoms with van der Waals surface area (Å²) in [7, 11) is 1.88. The zero-order valence-electron chi connectivity index (χ0n) is 10.4. The third-order valence-corrected chi connectivity index (χ3v) is 4.07. The maximum Gasteiger partial charge on any atom is 0.234 e. The summed E-state index contributed by atoms with van der Waals surface area (Å²) in [6, 6.07) is 1.89. The molecule has 0 bridgehead atoms. The molecule has 0 N–H and O–H groups in total. The van der Waals surface area contributed by atoms with Crippen LogP contribution in [0, 0.1) is 0 Å². The molecule has 7 heteroatoms. The van der Waals surface area contributed by atoms with Gasteiger partial charge in [0.15, 0.2) is 0 Å². The average Bonchev–Trinajstić information content (AvgIpc) is 3.08. The molecule has 1 unspecified atom stereocenters. The van der Waals surface area contributed by atoms with E-state index in [0.29, 0.717) is 16.1 Å². The van der Waals surface area contributed by atoms with E-state index in [1.165, 1.54) is 11.3 Å². The van der Waals surface area contributed by atoms with Crippen molar-refractivity contribution in [2.75, 3.05) is 0 Å². The minimum Gasteiger partial charge on any atom is -0.338 e. The van der Waals surface area contributed by atoms with Gasteiger partial charge in [0.1, 0.15) is 4.34 Å². The predicted octanol–water partition coefficient (Wildman–Crippen LogP) is 3.34. The largest absolute Gasteiger partial charge is 0.338 e. The number of thiophene rings is 1. The fraction of sp³-hybridized carbons (Fsp3) is 0.250. The van der Waals surface area contributed by atoms with Gasteiger partial charge in [-0.2, -0.15) is 10.1 Å². The summed E-state index contributed by atoms with van der Waals surface area (Å²) in [5.41, 5.74) is 1.84. The molecule has 5 nitrogen and oxygen atoms in total. The number of rotatable bonds is 3. The second-order valence-electron chi connectivity index (χ2n) is 4.23. The van der Waals surface area contributed by atoms with E-state index in [1.54, 1.807) is 10.9 Å². The van der Waals surface area contributed by atoms with Gasteiger partial charge in [-0.25, -0.2) is 0 Å². The Hall–Kier alpha value is -1.66. The Morgan fingerprint density at radius 3 is 2.95 bits per heavy atom. The van der Waals surface area contributed by atoms with Crippen LogP contribution in [0.5, 0.6) is 0 Å². The van der Waals surface area contributed by atoms with Crippen molar-refractivity contribution in [1.82, 2.24) is 19.9 Å². The van der Waals surface area contributed by atoms with Crippen LogP contribution in [0.2, 0.25) is 4.34 Å². The van der Waals surface area contributed by atoms with Crippen molar-refractivity contribution in [1.29, 1.82) is 0 Å². The number of halogens is 1. The zero-order chi connectivity index (χ0) is 13.4. The summed E-state index contributed by atoms with van der Waals surface area (Å²) in [5, 5.41) is 10.0. The van der Waals surface area contributed by atoms with Crippen molar-refractivity contribution in [2.45, 2.75) is 12.8 Å². The fourth-order valence-electron chi connectivity index (χ4n) is 1.78. The van der Waals surface area contributed by atoms with E-state index < -0.39 is 0 Å². The Morgan fingerprint density at radius 2 is 2.32 bits per heavy atom. The molecule has 1 atom stereocenters. The Balaban J connectivity index is 1.91. The molecular weight excluding hydrogens is 284 g/mol. The molecule has 0 radical (unpaired) electrons. The van der Waals surface area contributed by atoms with Crippen molar-refractivity contribution in [3.8, 4) is 11.4 Å². The van der Waals surface area contributed by atoms with E-state index in [4.69, 9.17) is 16.1 Å². The number of aryl methyl sites for hydroxylation is 1. The van der Waals surface area contributed by atoms with E-state index in [1.807, 2.05) is 31.6 Å². The highest BCUT2D eigenvalue weighted by atomic mass is 35.5. The molecule has 0 fully saturated rings. The van der Waals surface area contributed by atoms with Crippen LogP contribution < -0.4 is 0 Å². The molecule has 3 aromatic heterocycles. The molecule has 19 heavy (non-hydrogen) atoms. The van der Waals surface area contributed by atoms with Crippen LogP contribution in [0.4, 0.5) is 0 Å². The number of nitrogens with zero attached hydrogens (tertiary/aromatic N) is 4. The number of hydrogen-bond donors (Lipinski definition) is 0. The van der Waals surface area contributed by atoms with Gasteiger partial charge in [0, 0.05) is 18.8 Å². The molecule has 0 spiro atoms. The van der Waals surface area contributed by atoms with Crippen molar-refractivity contribution < 1.29 is 4.52 Å². The van der Waals surface area contributed by atoms with Crippen LogP contribution in [-0.4, -0.2) is 19.9 Å². The Labute approximate surface area is 118 Å². The lowest BCUT2D eigenvalue weighted by Crippen LogP contribution is -1.95. The molecule has 3 rings (SSSR count). The minimum atomic E-state index is 0.00682. The first kappa shape index (κ1) is 12.4. The minimum absolute atomic E-state index is 0.00682. The van der Waals surface area contributed by atoms with Gasteiger partial charge < -0.3 is 4.52 Å². The van der Waals surface area contributed by atoms with E-state index in [-0.39, 0.29) is 5.92 Å². The lowest BCUT2D eigenvalue weighted by molar-refractivity contribution is 0.371. The topological polar surface area (TPSA) is 56.7 Å². The lowest BCUT2D eigenvalue weighted by atomic mass is 10.1. The van der Waals surface area contributed by atoms with Crippen LogP contribution in [0.1, 0.15) is 24.3 Å². The fourth-order valence-corrected chi connectivity index (χ4v) is 2.69. The molecule has 0 aromatic carbocycles. The quantitative estimate of drug-likeness (QED) is 0.743. The Morgan fingerprint density at radius 1 is 1.47 bits per heavy atom. The molecule has 0 aliphatic carbocycles. The van der Waals surface area contributed by atoms with Crippen molar-refractivity contribution >= 4 is 22.9 Å². The predicted molar refractivity (Wildman–Crippen MR) is 73.3 cm³/mol. The van der Waals surface area contributed by atoms with Gasteiger partial charge >= 0.3 is 0 Å². The van der Waals surface area contributed by atoms with Crippen LogP contribution in [0.25, 0.3) is 11.4 Å². The van der Waals surface area contributed by atoms with E-state index in [9.17, 15) is 0 Å². The molecule has 0 saturated heterocycles.